The summed E-state index contributed by atoms with van der Waals surface area (Å²) in [5.74, 6) is 1.86. The van der Waals surface area contributed by atoms with Crippen LogP contribution >= 0.6 is 0 Å². The van der Waals surface area contributed by atoms with Crippen molar-refractivity contribution >= 4 is 43.7 Å². The second-order valence-corrected chi connectivity index (χ2v) is 17.2. The van der Waals surface area contributed by atoms with Gasteiger partial charge in [0.05, 0.1) is 11.0 Å². The summed E-state index contributed by atoms with van der Waals surface area (Å²) in [6.45, 7) is 0. The van der Waals surface area contributed by atoms with Gasteiger partial charge in [-0.3, -0.25) is 0 Å². The van der Waals surface area contributed by atoms with Crippen LogP contribution in [0.15, 0.2) is 247 Å². The van der Waals surface area contributed by atoms with E-state index in [1.165, 1.54) is 10.8 Å². The van der Waals surface area contributed by atoms with Crippen molar-refractivity contribution in [3.63, 3.8) is 0 Å². The van der Waals surface area contributed by atoms with Crippen LogP contribution in [0.1, 0.15) is 0 Å². The summed E-state index contributed by atoms with van der Waals surface area (Å²) in [6, 6.07) is 85.3. The zero-order valence-corrected chi connectivity index (χ0v) is 36.8. The predicted octanol–water partition coefficient (Wildman–Crippen LogP) is 16.5. The molecule has 0 atom stereocenters. The zero-order valence-electron chi connectivity index (χ0n) is 36.8. The molecule has 0 aliphatic rings. The van der Waals surface area contributed by atoms with E-state index in [0.717, 1.165) is 99.9 Å². The summed E-state index contributed by atoms with van der Waals surface area (Å²) < 4.78 is 8.78. The van der Waals surface area contributed by atoms with E-state index in [9.17, 15) is 0 Å². The van der Waals surface area contributed by atoms with Crippen molar-refractivity contribution in [3.8, 4) is 84.4 Å². The van der Waals surface area contributed by atoms with Crippen LogP contribution in [0.25, 0.3) is 128 Å². The van der Waals surface area contributed by atoms with Gasteiger partial charge in [-0.15, -0.1) is 0 Å². The van der Waals surface area contributed by atoms with E-state index in [1.807, 2.05) is 24.3 Å². The Morgan fingerprint density at radius 1 is 0.279 bits per heavy atom. The van der Waals surface area contributed by atoms with Crippen LogP contribution in [0, 0.1) is 0 Å². The summed E-state index contributed by atoms with van der Waals surface area (Å²) in [7, 11) is 0. The Kier molecular flexibility index (Phi) is 9.43. The van der Waals surface area contributed by atoms with E-state index >= 15 is 0 Å². The molecule has 13 rings (SSSR count). The number of hydrogen-bond acceptors (Lipinski definition) is 4. The Labute approximate surface area is 392 Å². The molecule has 5 nitrogen and oxygen atoms in total. The lowest BCUT2D eigenvalue weighted by atomic mass is 9.97. The number of rotatable bonds is 8. The number of furan rings is 1. The second-order valence-electron chi connectivity index (χ2n) is 17.2. The highest BCUT2D eigenvalue weighted by Crippen LogP contribution is 2.39. The van der Waals surface area contributed by atoms with Gasteiger partial charge in [0, 0.05) is 49.5 Å². The van der Waals surface area contributed by atoms with Crippen LogP contribution in [0.2, 0.25) is 0 Å². The number of aromatic nitrogens is 4. The molecule has 0 saturated carbocycles. The summed E-state index contributed by atoms with van der Waals surface area (Å²) in [5.41, 5.74) is 17.0. The highest BCUT2D eigenvalue weighted by Gasteiger charge is 2.18. The van der Waals surface area contributed by atoms with Gasteiger partial charge in [0.1, 0.15) is 11.2 Å². The van der Waals surface area contributed by atoms with Gasteiger partial charge in [-0.2, -0.15) is 0 Å². The Morgan fingerprint density at radius 2 is 0.721 bits per heavy atom. The van der Waals surface area contributed by atoms with E-state index in [0.29, 0.717) is 17.5 Å². The molecule has 0 fully saturated rings. The SMILES string of the molecule is c1ccc(-c2ccc(-c3nc(-c4ccc(-c5ccccc5)cc4)nc(-c4ccc(-n5c6ccccc6c6cc(-c7cccc(-c8cccc9c8oc8ccccc89)c7)ccc65)cc4)n3)cc2)cc1. The van der Waals surface area contributed by atoms with Crippen molar-refractivity contribution in [3.05, 3.63) is 243 Å². The van der Waals surface area contributed by atoms with Gasteiger partial charge >= 0.3 is 0 Å². The fraction of sp³-hybridized carbons (Fsp3) is 0. The highest BCUT2D eigenvalue weighted by molar-refractivity contribution is 6.11. The van der Waals surface area contributed by atoms with Crippen molar-refractivity contribution in [2.24, 2.45) is 0 Å². The first-order valence-electron chi connectivity index (χ1n) is 22.9. The third-order valence-corrected chi connectivity index (χ3v) is 13.1. The summed E-state index contributed by atoms with van der Waals surface area (Å²) in [4.78, 5) is 15.3. The molecule has 10 aromatic carbocycles. The van der Waals surface area contributed by atoms with Crippen LogP contribution in [-0.4, -0.2) is 19.5 Å². The third kappa shape index (κ3) is 6.93. The Bertz CT molecular complexity index is 3880. The predicted molar refractivity (Wildman–Crippen MR) is 279 cm³/mol. The molecule has 13 aromatic rings. The van der Waals surface area contributed by atoms with Gasteiger partial charge < -0.3 is 8.98 Å². The van der Waals surface area contributed by atoms with Crippen molar-refractivity contribution in [1.29, 1.82) is 0 Å². The second kappa shape index (κ2) is 16.4. The lowest BCUT2D eigenvalue weighted by molar-refractivity contribution is 0.670. The van der Waals surface area contributed by atoms with E-state index in [4.69, 9.17) is 19.4 Å². The molecule has 0 amide bonds. The van der Waals surface area contributed by atoms with Crippen LogP contribution in [0.5, 0.6) is 0 Å². The molecule has 3 heterocycles. The average molecular weight is 869 g/mol. The van der Waals surface area contributed by atoms with Crippen LogP contribution < -0.4 is 0 Å². The lowest BCUT2D eigenvalue weighted by Gasteiger charge is -2.12. The normalized spacial score (nSPS) is 11.5. The molecule has 0 N–H and O–H groups in total. The maximum atomic E-state index is 6.43. The van der Waals surface area contributed by atoms with Gasteiger partial charge in [-0.05, 0) is 93.5 Å². The maximum absolute atomic E-state index is 6.43. The molecule has 5 heteroatoms. The van der Waals surface area contributed by atoms with Crippen molar-refractivity contribution in [2.75, 3.05) is 0 Å². The molecule has 0 radical (unpaired) electrons. The maximum Gasteiger partial charge on any atom is 0.164 e. The minimum Gasteiger partial charge on any atom is -0.455 e. The first-order chi connectivity index (χ1) is 33.7. The molecule has 0 saturated heterocycles. The number of hydrogen-bond donors (Lipinski definition) is 0. The lowest BCUT2D eigenvalue weighted by Crippen LogP contribution is -2.00. The number of para-hydroxylation sites is 3. The van der Waals surface area contributed by atoms with E-state index in [2.05, 4.69) is 223 Å². The minimum atomic E-state index is 0.612. The van der Waals surface area contributed by atoms with Gasteiger partial charge in [0.15, 0.2) is 17.5 Å². The van der Waals surface area contributed by atoms with E-state index in [-0.39, 0.29) is 0 Å². The average Bonchev–Trinajstić information content (AvgIpc) is 3.97. The molecule has 68 heavy (non-hydrogen) atoms. The Balaban J connectivity index is 0.868. The quantitative estimate of drug-likeness (QED) is 0.153. The molecular formula is C63H40N4O. The summed E-state index contributed by atoms with van der Waals surface area (Å²) in [6.07, 6.45) is 0. The molecule has 0 unspecified atom stereocenters. The first-order valence-corrected chi connectivity index (χ1v) is 22.9. The third-order valence-electron chi connectivity index (χ3n) is 13.1. The standard InChI is InChI=1S/C63H40N4O/c1-3-13-41(14-4-1)43-25-29-45(30-26-43)61-64-62(46-31-27-44(28-32-46)42-15-5-2-6-16-42)66-63(65-61)47-33-36-51(37-34-47)67-57-23-9-7-19-53(57)56-40-49(35-38-58(56)67)48-17-11-18-50(39-48)52-21-12-22-55-54-20-8-10-24-59(54)68-60(52)55/h1-40H. The Hall–Kier alpha value is -9.19. The van der Waals surface area contributed by atoms with E-state index < -0.39 is 0 Å². The van der Waals surface area contributed by atoms with Gasteiger partial charge in [0.25, 0.3) is 0 Å². The Morgan fingerprint density at radius 3 is 1.37 bits per heavy atom. The number of nitrogens with zero attached hydrogens (tertiary/aromatic N) is 4. The topological polar surface area (TPSA) is 56.7 Å². The minimum absolute atomic E-state index is 0.612. The summed E-state index contributed by atoms with van der Waals surface area (Å²) in [5, 5.41) is 4.65. The van der Waals surface area contributed by atoms with Gasteiger partial charge in [-0.25, -0.2) is 15.0 Å². The monoisotopic (exact) mass is 868 g/mol. The molecule has 0 spiro atoms. The van der Waals surface area contributed by atoms with Gasteiger partial charge in [-0.1, -0.05) is 188 Å². The fourth-order valence-corrected chi connectivity index (χ4v) is 9.68. The van der Waals surface area contributed by atoms with Crippen LogP contribution in [0.3, 0.4) is 0 Å². The van der Waals surface area contributed by atoms with Crippen molar-refractivity contribution < 1.29 is 4.42 Å². The van der Waals surface area contributed by atoms with Crippen molar-refractivity contribution in [1.82, 2.24) is 19.5 Å². The number of benzene rings is 10. The largest absolute Gasteiger partial charge is 0.455 e. The molecule has 0 bridgehead atoms. The van der Waals surface area contributed by atoms with Crippen LogP contribution in [0.4, 0.5) is 0 Å². The van der Waals surface area contributed by atoms with Crippen molar-refractivity contribution in [2.45, 2.75) is 0 Å². The van der Waals surface area contributed by atoms with Crippen LogP contribution in [-0.2, 0) is 0 Å². The first kappa shape index (κ1) is 39.2. The van der Waals surface area contributed by atoms with E-state index in [1.54, 1.807) is 0 Å². The zero-order chi connectivity index (χ0) is 45.0. The molecule has 318 valence electrons. The molecular weight excluding hydrogens is 829 g/mol. The number of fused-ring (bicyclic) bond motifs is 6. The molecule has 3 aromatic heterocycles. The summed E-state index contributed by atoms with van der Waals surface area (Å²) >= 11 is 0. The van der Waals surface area contributed by atoms with Gasteiger partial charge in [0.2, 0.25) is 0 Å². The smallest absolute Gasteiger partial charge is 0.164 e. The fourth-order valence-electron chi connectivity index (χ4n) is 9.68. The highest BCUT2D eigenvalue weighted by atomic mass is 16.3. The molecule has 0 aliphatic carbocycles. The molecule has 0 aliphatic heterocycles.